The molecule has 0 N–H and O–H groups in total. The number of hydrogen-bond donors (Lipinski definition) is 0. The van der Waals surface area contributed by atoms with Crippen LogP contribution < -0.4 is 0 Å². The molecule has 0 atom stereocenters. The fraction of sp³-hybridized carbons (Fsp3) is 0.182. The Hall–Kier alpha value is -3.24. The highest BCUT2D eigenvalue weighted by Crippen LogP contribution is 2.30. The van der Waals surface area contributed by atoms with Crippen molar-refractivity contribution in [3.05, 3.63) is 76.1 Å². The molecule has 2 aromatic carbocycles. The molecule has 1 amide bonds. The molecule has 0 bridgehead atoms. The molecule has 29 heavy (non-hydrogen) atoms. The number of nitriles is 1. The molecule has 0 unspecified atom stereocenters. The van der Waals surface area contributed by atoms with E-state index in [9.17, 15) is 4.79 Å². The SMILES string of the molecule is N#Cc1ccc(/C=C/C(=O)N(Cc2nnc(-c3ccccc3Br)o2)C2CC2)cc1. The van der Waals surface area contributed by atoms with Crippen LogP contribution in [0.15, 0.2) is 63.5 Å². The zero-order valence-corrected chi connectivity index (χ0v) is 17.0. The Kier molecular flexibility index (Phi) is 5.54. The lowest BCUT2D eigenvalue weighted by atomic mass is 10.1. The largest absolute Gasteiger partial charge is 0.419 e. The number of halogens is 1. The Bertz CT molecular complexity index is 1090. The molecule has 144 valence electrons. The molecule has 0 radical (unpaired) electrons. The summed E-state index contributed by atoms with van der Waals surface area (Å²) in [7, 11) is 0. The van der Waals surface area contributed by atoms with Crippen molar-refractivity contribution in [2.45, 2.75) is 25.4 Å². The van der Waals surface area contributed by atoms with Crippen LogP contribution in [0.4, 0.5) is 0 Å². The van der Waals surface area contributed by atoms with Crippen LogP contribution in [0.2, 0.25) is 0 Å². The number of aromatic nitrogens is 2. The summed E-state index contributed by atoms with van der Waals surface area (Å²) < 4.78 is 6.67. The van der Waals surface area contributed by atoms with Crippen LogP contribution >= 0.6 is 15.9 Å². The maximum Gasteiger partial charge on any atom is 0.248 e. The van der Waals surface area contributed by atoms with Gasteiger partial charge in [0, 0.05) is 16.6 Å². The van der Waals surface area contributed by atoms with E-state index < -0.39 is 0 Å². The Morgan fingerprint density at radius 1 is 1.21 bits per heavy atom. The van der Waals surface area contributed by atoms with E-state index >= 15 is 0 Å². The molecule has 1 aliphatic rings. The third-order valence-electron chi connectivity index (χ3n) is 4.61. The van der Waals surface area contributed by atoms with Crippen LogP contribution in [-0.2, 0) is 11.3 Å². The van der Waals surface area contributed by atoms with Gasteiger partial charge in [-0.05, 0) is 64.7 Å². The smallest absolute Gasteiger partial charge is 0.248 e. The van der Waals surface area contributed by atoms with Gasteiger partial charge in [0.05, 0.1) is 23.7 Å². The number of amides is 1. The molecule has 1 aliphatic carbocycles. The van der Waals surface area contributed by atoms with Gasteiger partial charge in [-0.15, -0.1) is 10.2 Å². The lowest BCUT2D eigenvalue weighted by Gasteiger charge is -2.18. The minimum atomic E-state index is -0.0995. The van der Waals surface area contributed by atoms with Crippen molar-refractivity contribution in [3.8, 4) is 17.5 Å². The van der Waals surface area contributed by atoms with Crippen LogP contribution in [-0.4, -0.2) is 27.0 Å². The first-order valence-electron chi connectivity index (χ1n) is 9.20. The summed E-state index contributed by atoms with van der Waals surface area (Å²) in [6, 6.07) is 17.0. The van der Waals surface area contributed by atoms with Crippen LogP contribution in [0.1, 0.15) is 29.9 Å². The molecule has 3 aromatic rings. The molecular formula is C22H17BrN4O2. The van der Waals surface area contributed by atoms with Crippen molar-refractivity contribution in [1.29, 1.82) is 5.26 Å². The first kappa shape index (κ1) is 19.1. The zero-order chi connectivity index (χ0) is 20.2. The normalized spacial score (nSPS) is 13.4. The van der Waals surface area contributed by atoms with Crippen LogP contribution in [0, 0.1) is 11.3 Å². The summed E-state index contributed by atoms with van der Waals surface area (Å²) in [6.45, 7) is 0.276. The van der Waals surface area contributed by atoms with Crippen LogP contribution in [0.3, 0.4) is 0 Å². The third-order valence-corrected chi connectivity index (χ3v) is 5.30. The predicted octanol–water partition coefficient (Wildman–Crippen LogP) is 4.58. The van der Waals surface area contributed by atoms with Gasteiger partial charge in [0.2, 0.25) is 17.7 Å². The quantitative estimate of drug-likeness (QED) is 0.515. The average molecular weight is 449 g/mol. The number of carbonyl (C=O) groups is 1. The second-order valence-electron chi connectivity index (χ2n) is 6.75. The van der Waals surface area contributed by atoms with Crippen molar-refractivity contribution >= 4 is 27.9 Å². The Labute approximate surface area is 176 Å². The van der Waals surface area contributed by atoms with Crippen LogP contribution in [0.25, 0.3) is 17.5 Å². The summed E-state index contributed by atoms with van der Waals surface area (Å²) >= 11 is 3.48. The minimum absolute atomic E-state index is 0.0995. The van der Waals surface area contributed by atoms with Crippen molar-refractivity contribution in [1.82, 2.24) is 15.1 Å². The molecule has 1 heterocycles. The maximum atomic E-state index is 12.7. The minimum Gasteiger partial charge on any atom is -0.419 e. The van der Waals surface area contributed by atoms with E-state index in [-0.39, 0.29) is 18.5 Å². The lowest BCUT2D eigenvalue weighted by molar-refractivity contribution is -0.127. The van der Waals surface area contributed by atoms with Gasteiger partial charge in [0.1, 0.15) is 0 Å². The van der Waals surface area contributed by atoms with Gasteiger partial charge in [-0.25, -0.2) is 0 Å². The monoisotopic (exact) mass is 448 g/mol. The highest BCUT2D eigenvalue weighted by atomic mass is 79.9. The fourth-order valence-corrected chi connectivity index (χ4v) is 3.37. The van der Waals surface area contributed by atoms with E-state index in [1.165, 1.54) is 0 Å². The summed E-state index contributed by atoms with van der Waals surface area (Å²) in [6.07, 6.45) is 5.24. The number of hydrogen-bond acceptors (Lipinski definition) is 5. The zero-order valence-electron chi connectivity index (χ0n) is 15.5. The Balaban J connectivity index is 1.47. The van der Waals surface area contributed by atoms with Crippen molar-refractivity contribution in [2.24, 2.45) is 0 Å². The molecule has 4 rings (SSSR count). The van der Waals surface area contributed by atoms with Crippen molar-refractivity contribution in [2.75, 3.05) is 0 Å². The fourth-order valence-electron chi connectivity index (χ4n) is 2.91. The van der Waals surface area contributed by atoms with E-state index in [1.54, 1.807) is 29.2 Å². The second kappa shape index (κ2) is 8.41. The van der Waals surface area contributed by atoms with Crippen LogP contribution in [0.5, 0.6) is 0 Å². The van der Waals surface area contributed by atoms with Gasteiger partial charge < -0.3 is 9.32 Å². The standard InChI is InChI=1S/C22H17BrN4O2/c23-19-4-2-1-3-18(19)22-26-25-20(29-22)14-27(17-10-11-17)21(28)12-9-15-5-7-16(13-24)8-6-15/h1-9,12,17H,10-11,14H2/b12-9+. The maximum absolute atomic E-state index is 12.7. The number of rotatable bonds is 6. The number of carbonyl (C=O) groups excluding carboxylic acids is 1. The van der Waals surface area contributed by atoms with E-state index in [2.05, 4.69) is 32.2 Å². The van der Waals surface area contributed by atoms with Gasteiger partial charge in [0.15, 0.2) is 0 Å². The first-order chi connectivity index (χ1) is 14.1. The molecule has 6 nitrogen and oxygen atoms in total. The van der Waals surface area contributed by atoms with Gasteiger partial charge in [-0.3, -0.25) is 4.79 Å². The first-order valence-corrected chi connectivity index (χ1v) is 9.99. The van der Waals surface area contributed by atoms with Gasteiger partial charge in [-0.1, -0.05) is 24.3 Å². The summed E-state index contributed by atoms with van der Waals surface area (Å²) in [5, 5.41) is 17.1. The highest BCUT2D eigenvalue weighted by molar-refractivity contribution is 9.10. The molecule has 0 saturated heterocycles. The molecule has 1 fully saturated rings. The topological polar surface area (TPSA) is 83.0 Å². The Morgan fingerprint density at radius 2 is 1.97 bits per heavy atom. The molecule has 0 aliphatic heterocycles. The highest BCUT2D eigenvalue weighted by Gasteiger charge is 2.32. The summed E-state index contributed by atoms with van der Waals surface area (Å²) in [5.74, 6) is 0.726. The van der Waals surface area contributed by atoms with E-state index in [4.69, 9.17) is 9.68 Å². The van der Waals surface area contributed by atoms with Crippen molar-refractivity contribution < 1.29 is 9.21 Å². The van der Waals surface area contributed by atoms with Gasteiger partial charge in [0.25, 0.3) is 0 Å². The summed E-state index contributed by atoms with van der Waals surface area (Å²) in [4.78, 5) is 14.5. The van der Waals surface area contributed by atoms with E-state index in [0.29, 0.717) is 17.3 Å². The molecular weight excluding hydrogens is 432 g/mol. The predicted molar refractivity (Wildman–Crippen MR) is 111 cm³/mol. The molecule has 7 heteroatoms. The van der Waals surface area contributed by atoms with Crippen molar-refractivity contribution in [3.63, 3.8) is 0 Å². The average Bonchev–Trinajstić information content (AvgIpc) is 3.49. The van der Waals surface area contributed by atoms with Gasteiger partial charge >= 0.3 is 0 Å². The Morgan fingerprint density at radius 3 is 2.66 bits per heavy atom. The van der Waals surface area contributed by atoms with E-state index in [1.807, 2.05) is 36.4 Å². The number of benzene rings is 2. The van der Waals surface area contributed by atoms with E-state index in [0.717, 1.165) is 28.4 Å². The number of nitrogens with zero attached hydrogens (tertiary/aromatic N) is 4. The summed E-state index contributed by atoms with van der Waals surface area (Å²) in [5.41, 5.74) is 2.27. The molecule has 1 saturated carbocycles. The molecule has 1 aromatic heterocycles. The van der Waals surface area contributed by atoms with Gasteiger partial charge in [-0.2, -0.15) is 5.26 Å². The lowest BCUT2D eigenvalue weighted by Crippen LogP contribution is -2.31. The molecule has 0 spiro atoms. The third kappa shape index (κ3) is 4.61. The second-order valence-corrected chi connectivity index (χ2v) is 7.60.